The molecule has 1 aliphatic heterocycles. The van der Waals surface area contributed by atoms with Gasteiger partial charge in [-0.15, -0.1) is 13.2 Å². The topological polar surface area (TPSA) is 74.8 Å². The predicted molar refractivity (Wildman–Crippen MR) is 109 cm³/mol. The summed E-state index contributed by atoms with van der Waals surface area (Å²) in [6.45, 7) is 1.09. The van der Waals surface area contributed by atoms with E-state index in [9.17, 15) is 27.2 Å². The highest BCUT2D eigenvalue weighted by Gasteiger charge is 2.31. The Morgan fingerprint density at radius 2 is 1.75 bits per heavy atom. The maximum Gasteiger partial charge on any atom is 0.573 e. The summed E-state index contributed by atoms with van der Waals surface area (Å²) in [6.07, 6.45) is -4.80. The van der Waals surface area contributed by atoms with Gasteiger partial charge in [0.25, 0.3) is 5.91 Å². The van der Waals surface area contributed by atoms with Gasteiger partial charge < -0.3 is 14.5 Å². The number of hydrogen-bond donors (Lipinski definition) is 1. The predicted octanol–water partition coefficient (Wildman–Crippen LogP) is 4.32. The Hall–Kier alpha value is -3.41. The lowest BCUT2D eigenvalue weighted by molar-refractivity contribution is -0.274. The molecular formula is C20H16F4N4O3S. The van der Waals surface area contributed by atoms with Crippen LogP contribution in [0.3, 0.4) is 0 Å². The first-order valence-electron chi connectivity index (χ1n) is 9.45. The number of anilines is 1. The normalized spacial score (nSPS) is 14.5. The van der Waals surface area contributed by atoms with Gasteiger partial charge in [-0.1, -0.05) is 17.4 Å². The first-order chi connectivity index (χ1) is 15.2. The number of ether oxygens (including phenoxy) is 1. The Labute approximate surface area is 183 Å². The van der Waals surface area contributed by atoms with E-state index in [0.29, 0.717) is 10.2 Å². The molecule has 0 atom stereocenters. The molecule has 0 bridgehead atoms. The average molecular weight is 468 g/mol. The van der Waals surface area contributed by atoms with Crippen LogP contribution < -0.4 is 10.1 Å². The van der Waals surface area contributed by atoms with Gasteiger partial charge in [0.15, 0.2) is 5.13 Å². The first-order valence-corrected chi connectivity index (χ1v) is 10.3. The largest absolute Gasteiger partial charge is 0.573 e. The number of nitrogens with one attached hydrogen (secondary N) is 1. The van der Waals surface area contributed by atoms with Gasteiger partial charge in [-0.3, -0.25) is 10.1 Å². The monoisotopic (exact) mass is 468 g/mol. The molecule has 1 aromatic heterocycles. The zero-order valence-corrected chi connectivity index (χ0v) is 17.2. The lowest BCUT2D eigenvalue weighted by atomic mass is 10.2. The number of thiazole rings is 1. The number of carbonyl (C=O) groups excluding carboxylic acids is 2. The van der Waals surface area contributed by atoms with Gasteiger partial charge in [0.2, 0.25) is 0 Å². The van der Waals surface area contributed by atoms with Gasteiger partial charge in [0.1, 0.15) is 11.6 Å². The summed E-state index contributed by atoms with van der Waals surface area (Å²) in [5.74, 6) is -1.18. The molecule has 1 aliphatic rings. The zero-order chi connectivity index (χ0) is 22.9. The Morgan fingerprint density at radius 1 is 1.03 bits per heavy atom. The molecule has 0 spiro atoms. The number of halogens is 4. The smallest absolute Gasteiger partial charge is 0.406 e. The van der Waals surface area contributed by atoms with Crippen LogP contribution in [0.25, 0.3) is 10.2 Å². The van der Waals surface area contributed by atoms with E-state index < -0.39 is 18.2 Å². The summed E-state index contributed by atoms with van der Waals surface area (Å²) in [6, 6.07) is 8.70. The van der Waals surface area contributed by atoms with Crippen LogP contribution in [0, 0.1) is 5.82 Å². The molecule has 32 heavy (non-hydrogen) atoms. The van der Waals surface area contributed by atoms with Gasteiger partial charge in [-0.25, -0.2) is 14.2 Å². The van der Waals surface area contributed by atoms with Crippen molar-refractivity contribution in [1.82, 2.24) is 14.8 Å². The van der Waals surface area contributed by atoms with Crippen molar-refractivity contribution < 1.29 is 31.9 Å². The third-order valence-electron chi connectivity index (χ3n) is 4.73. The highest BCUT2D eigenvalue weighted by Crippen LogP contribution is 2.31. The van der Waals surface area contributed by atoms with E-state index in [1.165, 1.54) is 41.3 Å². The number of rotatable bonds is 3. The van der Waals surface area contributed by atoms with Crippen molar-refractivity contribution >= 4 is 38.6 Å². The van der Waals surface area contributed by atoms with Crippen molar-refractivity contribution in [2.45, 2.75) is 6.36 Å². The number of carbonyl (C=O) groups is 2. The van der Waals surface area contributed by atoms with E-state index >= 15 is 0 Å². The Kier molecular flexibility index (Phi) is 5.87. The van der Waals surface area contributed by atoms with E-state index in [1.54, 1.807) is 4.90 Å². The molecular weight excluding hydrogens is 452 g/mol. The third-order valence-corrected chi connectivity index (χ3v) is 5.67. The van der Waals surface area contributed by atoms with Crippen molar-refractivity contribution in [2.75, 3.05) is 31.5 Å². The van der Waals surface area contributed by atoms with Gasteiger partial charge in [-0.05, 0) is 30.3 Å². The lowest BCUT2D eigenvalue weighted by Gasteiger charge is -2.34. The van der Waals surface area contributed by atoms with Crippen LogP contribution in [0.5, 0.6) is 5.75 Å². The number of aromatic nitrogens is 1. The zero-order valence-electron chi connectivity index (χ0n) is 16.4. The molecule has 0 saturated carbocycles. The number of hydrogen-bond acceptors (Lipinski definition) is 5. The number of alkyl halides is 3. The number of fused-ring (bicyclic) bond motifs is 1. The number of urea groups is 1. The summed E-state index contributed by atoms with van der Waals surface area (Å²) in [7, 11) is 0. The minimum atomic E-state index is -4.80. The van der Waals surface area contributed by atoms with E-state index in [0.717, 1.165) is 17.4 Å². The van der Waals surface area contributed by atoms with Crippen molar-refractivity contribution in [3.05, 3.63) is 53.8 Å². The van der Waals surface area contributed by atoms with Crippen LogP contribution in [0.2, 0.25) is 0 Å². The molecule has 2 heterocycles. The molecule has 0 radical (unpaired) electrons. The minimum absolute atomic E-state index is 0.229. The van der Waals surface area contributed by atoms with Crippen molar-refractivity contribution in [2.24, 2.45) is 0 Å². The van der Waals surface area contributed by atoms with Crippen LogP contribution >= 0.6 is 11.3 Å². The fourth-order valence-corrected chi connectivity index (χ4v) is 4.13. The quantitative estimate of drug-likeness (QED) is 0.581. The summed E-state index contributed by atoms with van der Waals surface area (Å²) in [4.78, 5) is 32.3. The van der Waals surface area contributed by atoms with Crippen LogP contribution in [0.1, 0.15) is 10.4 Å². The molecule has 0 unspecified atom stereocenters. The summed E-state index contributed by atoms with van der Waals surface area (Å²) < 4.78 is 54.8. The van der Waals surface area contributed by atoms with Crippen LogP contribution in [-0.2, 0) is 0 Å². The van der Waals surface area contributed by atoms with Crippen LogP contribution in [-0.4, -0.2) is 59.3 Å². The third kappa shape index (κ3) is 5.07. The maximum absolute atomic E-state index is 13.3. The second-order valence-electron chi connectivity index (χ2n) is 6.92. The van der Waals surface area contributed by atoms with Gasteiger partial charge in [0.05, 0.1) is 10.2 Å². The Bertz CT molecular complexity index is 1160. The van der Waals surface area contributed by atoms with Crippen molar-refractivity contribution in [1.29, 1.82) is 0 Å². The summed E-state index contributed by atoms with van der Waals surface area (Å²) in [5, 5.41) is 2.86. The minimum Gasteiger partial charge on any atom is -0.406 e. The van der Waals surface area contributed by atoms with Gasteiger partial charge >= 0.3 is 12.4 Å². The molecule has 2 aromatic carbocycles. The molecule has 1 fully saturated rings. The SMILES string of the molecule is O=C(Nc1nc2ccc(OC(F)(F)F)cc2s1)N1CCN(C(=O)c2cccc(F)c2)CC1. The van der Waals surface area contributed by atoms with Crippen molar-refractivity contribution in [3.63, 3.8) is 0 Å². The number of amides is 3. The molecule has 12 heteroatoms. The number of piperazine rings is 1. The van der Waals surface area contributed by atoms with Gasteiger partial charge in [-0.2, -0.15) is 0 Å². The van der Waals surface area contributed by atoms with E-state index in [4.69, 9.17) is 0 Å². The highest BCUT2D eigenvalue weighted by atomic mass is 32.1. The standard InChI is InChI=1S/C20H16F4N4O3S/c21-13-3-1-2-12(10-13)17(29)27-6-8-28(9-7-27)19(30)26-18-25-15-5-4-14(11-16(15)32-18)31-20(22,23)24/h1-5,10-11H,6-9H2,(H,25,26,30). The summed E-state index contributed by atoms with van der Waals surface area (Å²) >= 11 is 1.02. The highest BCUT2D eigenvalue weighted by molar-refractivity contribution is 7.22. The van der Waals surface area contributed by atoms with E-state index in [1.807, 2.05) is 0 Å². The van der Waals surface area contributed by atoms with E-state index in [-0.39, 0.29) is 48.5 Å². The van der Waals surface area contributed by atoms with Crippen molar-refractivity contribution in [3.8, 4) is 5.75 Å². The number of nitrogens with zero attached hydrogens (tertiary/aromatic N) is 3. The van der Waals surface area contributed by atoms with Crippen LogP contribution in [0.4, 0.5) is 27.5 Å². The Balaban J connectivity index is 1.35. The summed E-state index contributed by atoms with van der Waals surface area (Å²) in [5.41, 5.74) is 0.664. The fourth-order valence-electron chi connectivity index (χ4n) is 3.24. The Morgan fingerprint density at radius 3 is 2.44 bits per heavy atom. The molecule has 168 valence electrons. The lowest BCUT2D eigenvalue weighted by Crippen LogP contribution is -2.51. The maximum atomic E-state index is 13.3. The van der Waals surface area contributed by atoms with E-state index in [2.05, 4.69) is 15.0 Å². The van der Waals surface area contributed by atoms with Gasteiger partial charge in [0, 0.05) is 37.8 Å². The van der Waals surface area contributed by atoms with Crippen LogP contribution in [0.15, 0.2) is 42.5 Å². The molecule has 1 saturated heterocycles. The second-order valence-corrected chi connectivity index (χ2v) is 7.95. The molecule has 7 nitrogen and oxygen atoms in total. The second kappa shape index (κ2) is 8.61. The molecule has 0 aliphatic carbocycles. The fraction of sp³-hybridized carbons (Fsp3) is 0.250. The molecule has 3 amide bonds. The molecule has 3 aromatic rings. The first kappa shape index (κ1) is 21.8. The number of benzene rings is 2. The molecule has 1 N–H and O–H groups in total. The molecule has 4 rings (SSSR count). The average Bonchev–Trinajstić information content (AvgIpc) is 3.13.